The normalized spacial score (nSPS) is 13.9. The van der Waals surface area contributed by atoms with Crippen LogP contribution in [-0.4, -0.2) is 33.9 Å². The van der Waals surface area contributed by atoms with Crippen LogP contribution in [0.15, 0.2) is 65.6 Å². The molecule has 0 atom stereocenters. The van der Waals surface area contributed by atoms with E-state index in [-0.39, 0.29) is 17.5 Å². The molecule has 3 aromatic carbocycles. The van der Waals surface area contributed by atoms with Crippen molar-refractivity contribution in [3.63, 3.8) is 0 Å². The molecule has 0 spiro atoms. The van der Waals surface area contributed by atoms with E-state index in [2.05, 4.69) is 16.0 Å². The van der Waals surface area contributed by atoms with Crippen LogP contribution in [0.5, 0.6) is 0 Å². The van der Waals surface area contributed by atoms with Gasteiger partial charge >= 0.3 is 6.03 Å². The lowest BCUT2D eigenvalue weighted by Crippen LogP contribution is -2.35. The van der Waals surface area contributed by atoms with Crippen molar-refractivity contribution in [3.8, 4) is 0 Å². The molecule has 1 aliphatic rings. The minimum atomic E-state index is -3.79. The number of urea groups is 1. The summed E-state index contributed by atoms with van der Waals surface area (Å²) in [6, 6.07) is 16.6. The van der Waals surface area contributed by atoms with Crippen LogP contribution in [0.25, 0.3) is 10.8 Å². The highest BCUT2D eigenvalue weighted by molar-refractivity contribution is 7.93. The summed E-state index contributed by atoms with van der Waals surface area (Å²) in [6.07, 6.45) is 0. The van der Waals surface area contributed by atoms with Crippen molar-refractivity contribution in [2.24, 2.45) is 0 Å². The third kappa shape index (κ3) is 3.36. The fourth-order valence-electron chi connectivity index (χ4n) is 3.29. The summed E-state index contributed by atoms with van der Waals surface area (Å²) in [5, 5.41) is 9.18. The van der Waals surface area contributed by atoms with Crippen LogP contribution in [0.3, 0.4) is 0 Å². The summed E-state index contributed by atoms with van der Waals surface area (Å²) in [5.41, 5.74) is 1.55. The molecular formula is C20H18N4O4S. The van der Waals surface area contributed by atoms with Crippen molar-refractivity contribution in [1.29, 1.82) is 0 Å². The average molecular weight is 410 g/mol. The Hall–Kier alpha value is -3.59. The minimum Gasteiger partial charge on any atom is -0.341 e. The number of sulfonamides is 1. The van der Waals surface area contributed by atoms with Crippen molar-refractivity contribution >= 4 is 49.8 Å². The molecule has 0 unspecified atom stereocenters. The molecule has 0 aliphatic carbocycles. The summed E-state index contributed by atoms with van der Waals surface area (Å²) in [5.74, 6) is -0.467. The van der Waals surface area contributed by atoms with Crippen LogP contribution in [-0.2, 0) is 14.8 Å². The summed E-state index contributed by atoms with van der Waals surface area (Å²) in [6.45, 7) is -0.339. The maximum Gasteiger partial charge on any atom is 0.318 e. The Morgan fingerprint density at radius 1 is 0.897 bits per heavy atom. The predicted octanol–water partition coefficient (Wildman–Crippen LogP) is 2.74. The fourth-order valence-corrected chi connectivity index (χ4v) is 4.96. The molecule has 9 heteroatoms. The van der Waals surface area contributed by atoms with Crippen LogP contribution in [0.2, 0.25) is 0 Å². The van der Waals surface area contributed by atoms with Crippen LogP contribution in [0.1, 0.15) is 0 Å². The fraction of sp³-hybridized carbons (Fsp3) is 0.100. The van der Waals surface area contributed by atoms with E-state index in [1.807, 2.05) is 12.1 Å². The predicted molar refractivity (Wildman–Crippen MR) is 112 cm³/mol. The number of anilines is 3. The summed E-state index contributed by atoms with van der Waals surface area (Å²) < 4.78 is 27.0. The van der Waals surface area contributed by atoms with Crippen molar-refractivity contribution in [2.45, 2.75) is 4.90 Å². The number of rotatable bonds is 4. The molecule has 3 N–H and O–H groups in total. The number of hydrogen-bond acceptors (Lipinski definition) is 4. The first-order valence-electron chi connectivity index (χ1n) is 8.83. The topological polar surface area (TPSA) is 108 Å². The van der Waals surface area contributed by atoms with Gasteiger partial charge in [-0.05, 0) is 41.8 Å². The molecule has 3 aromatic rings. The molecular weight excluding hydrogens is 392 g/mol. The molecule has 4 rings (SSSR count). The van der Waals surface area contributed by atoms with Gasteiger partial charge in [0.1, 0.15) is 6.54 Å². The van der Waals surface area contributed by atoms with Gasteiger partial charge in [-0.3, -0.25) is 9.10 Å². The molecule has 1 heterocycles. The SMILES string of the molecule is CNC(=O)Nc1ccc(NC(=O)CN2c3cccc4cccc(c34)S2(=O)=O)cc1. The Bertz CT molecular complexity index is 1220. The number of carbonyl (C=O) groups excluding carboxylic acids is 2. The number of nitrogens with one attached hydrogen (secondary N) is 3. The van der Waals surface area contributed by atoms with Crippen molar-refractivity contribution in [3.05, 3.63) is 60.7 Å². The Morgan fingerprint density at radius 3 is 2.17 bits per heavy atom. The lowest BCUT2D eigenvalue weighted by atomic mass is 10.1. The van der Waals surface area contributed by atoms with Gasteiger partial charge in [-0.1, -0.05) is 24.3 Å². The number of nitrogens with zero attached hydrogens (tertiary/aromatic N) is 1. The van der Waals surface area contributed by atoms with Crippen molar-refractivity contribution in [1.82, 2.24) is 5.32 Å². The Labute approximate surface area is 167 Å². The molecule has 148 valence electrons. The smallest absolute Gasteiger partial charge is 0.318 e. The van der Waals surface area contributed by atoms with Gasteiger partial charge in [0.2, 0.25) is 5.91 Å². The maximum absolute atomic E-state index is 12.9. The van der Waals surface area contributed by atoms with Gasteiger partial charge in [0.05, 0.1) is 10.6 Å². The molecule has 0 aromatic heterocycles. The molecule has 0 radical (unpaired) electrons. The minimum absolute atomic E-state index is 0.211. The Kier molecular flexibility index (Phi) is 4.59. The number of carbonyl (C=O) groups is 2. The molecule has 0 saturated carbocycles. The van der Waals surface area contributed by atoms with Gasteiger partial charge in [0.25, 0.3) is 10.0 Å². The second-order valence-electron chi connectivity index (χ2n) is 6.47. The largest absolute Gasteiger partial charge is 0.341 e. The second kappa shape index (κ2) is 7.10. The summed E-state index contributed by atoms with van der Waals surface area (Å²) >= 11 is 0. The highest BCUT2D eigenvalue weighted by Gasteiger charge is 2.36. The van der Waals surface area contributed by atoms with Crippen molar-refractivity contribution < 1.29 is 18.0 Å². The van der Waals surface area contributed by atoms with Gasteiger partial charge in [-0.2, -0.15) is 0 Å². The standard InChI is InChI=1S/C20H18N4O4S/c1-21-20(26)23-15-10-8-14(9-11-15)22-18(25)12-24-16-6-2-4-13-5-3-7-17(19(13)16)29(24,27)28/h2-11H,12H2,1H3,(H,22,25)(H2,21,23,26). The number of amides is 3. The highest BCUT2D eigenvalue weighted by atomic mass is 32.2. The third-order valence-corrected chi connectivity index (χ3v) is 6.42. The van der Waals surface area contributed by atoms with E-state index >= 15 is 0 Å². The van der Waals surface area contributed by atoms with Gasteiger partial charge in [-0.15, -0.1) is 0 Å². The Balaban J connectivity index is 1.52. The first-order chi connectivity index (χ1) is 13.9. The van der Waals surface area contributed by atoms with Gasteiger partial charge in [-0.25, -0.2) is 13.2 Å². The zero-order chi connectivity index (χ0) is 20.6. The number of hydrogen-bond donors (Lipinski definition) is 3. The van der Waals surface area contributed by atoms with Crippen LogP contribution in [0, 0.1) is 0 Å². The monoisotopic (exact) mass is 410 g/mol. The van der Waals surface area contributed by atoms with E-state index in [1.54, 1.807) is 48.5 Å². The second-order valence-corrected chi connectivity index (χ2v) is 8.30. The molecule has 3 amide bonds. The lowest BCUT2D eigenvalue weighted by Gasteiger charge is -2.18. The first-order valence-corrected chi connectivity index (χ1v) is 10.3. The number of benzene rings is 3. The molecule has 0 bridgehead atoms. The zero-order valence-corrected chi connectivity index (χ0v) is 16.3. The molecule has 0 fully saturated rings. The summed E-state index contributed by atoms with van der Waals surface area (Å²) in [7, 11) is -2.28. The van der Waals surface area contributed by atoms with Crippen molar-refractivity contribution in [2.75, 3.05) is 28.5 Å². The lowest BCUT2D eigenvalue weighted by molar-refractivity contribution is -0.114. The van der Waals surface area contributed by atoms with Crippen LogP contribution < -0.4 is 20.3 Å². The van der Waals surface area contributed by atoms with Gasteiger partial charge in [0.15, 0.2) is 0 Å². The van der Waals surface area contributed by atoms with Crippen LogP contribution in [0.4, 0.5) is 21.9 Å². The third-order valence-electron chi connectivity index (χ3n) is 4.62. The highest BCUT2D eigenvalue weighted by Crippen LogP contribution is 2.41. The molecule has 0 saturated heterocycles. The van der Waals surface area contributed by atoms with E-state index in [9.17, 15) is 18.0 Å². The quantitative estimate of drug-likeness (QED) is 0.615. The average Bonchev–Trinajstić information content (AvgIpc) is 2.93. The molecule has 1 aliphatic heterocycles. The molecule has 29 heavy (non-hydrogen) atoms. The van der Waals surface area contributed by atoms with E-state index in [1.165, 1.54) is 7.05 Å². The van der Waals surface area contributed by atoms with E-state index in [4.69, 9.17) is 0 Å². The molecule has 8 nitrogen and oxygen atoms in total. The van der Waals surface area contributed by atoms with Gasteiger partial charge < -0.3 is 16.0 Å². The summed E-state index contributed by atoms with van der Waals surface area (Å²) in [4.78, 5) is 24.1. The Morgan fingerprint density at radius 2 is 1.52 bits per heavy atom. The first kappa shape index (κ1) is 18.8. The maximum atomic E-state index is 12.9. The van der Waals surface area contributed by atoms with Crippen LogP contribution >= 0.6 is 0 Å². The van der Waals surface area contributed by atoms with Gasteiger partial charge in [0, 0.05) is 23.8 Å². The van der Waals surface area contributed by atoms with E-state index in [0.29, 0.717) is 22.4 Å². The van der Waals surface area contributed by atoms with E-state index in [0.717, 1.165) is 9.69 Å². The zero-order valence-electron chi connectivity index (χ0n) is 15.5. The van der Waals surface area contributed by atoms with E-state index < -0.39 is 15.9 Å².